The first-order chi connectivity index (χ1) is 25.3. The van der Waals surface area contributed by atoms with Crippen LogP contribution in [0.1, 0.15) is 30.5 Å². The van der Waals surface area contributed by atoms with E-state index >= 15 is 4.57 Å². The van der Waals surface area contributed by atoms with Crippen LogP contribution in [0.4, 0.5) is 0 Å². The first kappa shape index (κ1) is 33.7. The predicted molar refractivity (Wildman–Crippen MR) is 205 cm³/mol. The molecule has 1 aliphatic rings. The maximum absolute atomic E-state index is 16.0. The van der Waals surface area contributed by atoms with Crippen molar-refractivity contribution in [2.75, 3.05) is 0 Å². The Hall–Kier alpha value is -6.38. The Balaban J connectivity index is 1.41. The van der Waals surface area contributed by atoms with E-state index in [1.54, 1.807) is 31.2 Å². The molecule has 8 rings (SSSR count). The van der Waals surface area contributed by atoms with Crippen LogP contribution in [0.15, 0.2) is 134 Å². The first-order valence-corrected chi connectivity index (χ1v) is 18.4. The van der Waals surface area contributed by atoms with Crippen molar-refractivity contribution in [2.24, 2.45) is 7.05 Å². The van der Waals surface area contributed by atoms with Crippen LogP contribution in [-0.2, 0) is 21.6 Å². The second kappa shape index (κ2) is 11.8. The highest BCUT2D eigenvalue weighted by molar-refractivity contribution is 7.69. The molecule has 0 bridgehead atoms. The number of carbonyl (C=O) groups excluding carboxylic acids is 1. The third kappa shape index (κ3) is 4.79. The van der Waals surface area contributed by atoms with Crippen molar-refractivity contribution < 1.29 is 18.6 Å². The molecule has 3 heterocycles. The van der Waals surface area contributed by atoms with Gasteiger partial charge in [0.2, 0.25) is 0 Å². The Bertz CT molecular complexity index is 2920. The highest BCUT2D eigenvalue weighted by atomic mass is 31.2. The summed E-state index contributed by atoms with van der Waals surface area (Å²) < 4.78 is 30.3. The van der Waals surface area contributed by atoms with Crippen LogP contribution in [0.25, 0.3) is 38.4 Å². The molecule has 0 N–H and O–H groups in total. The van der Waals surface area contributed by atoms with Gasteiger partial charge in [0.25, 0.3) is 29.6 Å². The Morgan fingerprint density at radius 2 is 1.28 bits per heavy atom. The molecule has 0 radical (unpaired) electrons. The number of carbonyl (C=O) groups is 1. The molecule has 0 spiro atoms. The number of hydrogen-bond donors (Lipinski definition) is 0. The molecule has 53 heavy (non-hydrogen) atoms. The van der Waals surface area contributed by atoms with Gasteiger partial charge in [-0.05, 0) is 73.9 Å². The van der Waals surface area contributed by atoms with Gasteiger partial charge in [0.05, 0.1) is 32.5 Å². The minimum Gasteiger partial charge on any atom is -0.438 e. The highest BCUT2D eigenvalue weighted by Gasteiger charge is 2.54. The minimum absolute atomic E-state index is 0.0106. The summed E-state index contributed by atoms with van der Waals surface area (Å²) in [6.07, 6.45) is 0. The monoisotopic (exact) mass is 722 g/mol. The molecule has 2 aromatic heterocycles. The molecule has 2 unspecified atom stereocenters. The SMILES string of the molecule is C=C(C)C(=O)Oc1cc(C(C)(c2ccc(C)cc2)P2(=O)Oc3ccccc3-c3ccccc32)ccc1-n1c(=O)c2cc3c(=O)n(C)c(=O)c3cc2c1=O. The number of ether oxygens (including phenoxy) is 1. The Morgan fingerprint density at radius 3 is 1.91 bits per heavy atom. The van der Waals surface area contributed by atoms with Crippen molar-refractivity contribution >= 4 is 40.2 Å². The molecule has 11 heteroatoms. The van der Waals surface area contributed by atoms with Crippen LogP contribution in [0, 0.1) is 6.92 Å². The fourth-order valence-electron chi connectivity index (χ4n) is 7.21. The molecule has 2 atom stereocenters. The largest absolute Gasteiger partial charge is 0.438 e. The number of para-hydroxylation sites is 1. The molecule has 7 aromatic rings. The van der Waals surface area contributed by atoms with E-state index in [4.69, 9.17) is 9.26 Å². The van der Waals surface area contributed by atoms with E-state index in [0.717, 1.165) is 25.8 Å². The summed E-state index contributed by atoms with van der Waals surface area (Å²) >= 11 is 0. The Labute approximate surface area is 301 Å². The summed E-state index contributed by atoms with van der Waals surface area (Å²) in [5.74, 6) is -0.561. The van der Waals surface area contributed by atoms with Crippen LogP contribution >= 0.6 is 7.37 Å². The van der Waals surface area contributed by atoms with Crippen LogP contribution in [0.2, 0.25) is 0 Å². The molecule has 0 saturated carbocycles. The van der Waals surface area contributed by atoms with E-state index in [9.17, 15) is 24.0 Å². The third-order valence-corrected chi connectivity index (χ3v) is 13.4. The van der Waals surface area contributed by atoms with E-state index in [-0.39, 0.29) is 38.6 Å². The predicted octanol–water partition coefficient (Wildman–Crippen LogP) is 6.16. The van der Waals surface area contributed by atoms with Crippen LogP contribution in [0.5, 0.6) is 11.5 Å². The zero-order valence-electron chi connectivity index (χ0n) is 29.1. The first-order valence-electron chi connectivity index (χ1n) is 16.7. The third-order valence-electron chi connectivity index (χ3n) is 10.2. The molecular formula is C42H31N2O8P. The normalized spacial score (nSPS) is 16.1. The summed E-state index contributed by atoms with van der Waals surface area (Å²) in [5, 5.41) is -1.07. The lowest BCUT2D eigenvalue weighted by molar-refractivity contribution is -0.130. The maximum atomic E-state index is 16.0. The van der Waals surface area contributed by atoms with E-state index in [1.807, 2.05) is 61.5 Å². The number of rotatable bonds is 6. The molecule has 262 valence electrons. The van der Waals surface area contributed by atoms with Gasteiger partial charge in [0.15, 0.2) is 5.75 Å². The topological polar surface area (TPSA) is 131 Å². The standard InChI is InChI=1S/C42H31N2O8P/c1-23(2)41(49)51-35-20-26(18-19-33(35)44-39(47)31-21-29-30(22-32(31)40(44)48)38(46)43(5)37(29)45)42(4,25-16-14-24(3)15-17-25)53(50)36-13-9-7-11-28(36)27-10-6-8-12-34(27)52-53/h6-22H,1H2,2-5H3. The van der Waals surface area contributed by atoms with Gasteiger partial charge in [-0.2, -0.15) is 0 Å². The number of nitrogens with zero attached hydrogens (tertiary/aromatic N) is 2. The Morgan fingerprint density at radius 1 is 0.736 bits per heavy atom. The summed E-state index contributed by atoms with van der Waals surface area (Å²) in [5.41, 5.74) is 0.793. The highest BCUT2D eigenvalue weighted by Crippen LogP contribution is 2.69. The van der Waals surface area contributed by atoms with Gasteiger partial charge >= 0.3 is 5.97 Å². The van der Waals surface area contributed by atoms with Crippen molar-refractivity contribution in [2.45, 2.75) is 25.9 Å². The van der Waals surface area contributed by atoms with Gasteiger partial charge in [-0.3, -0.25) is 28.3 Å². The average molecular weight is 723 g/mol. The van der Waals surface area contributed by atoms with E-state index in [0.29, 0.717) is 22.2 Å². The van der Waals surface area contributed by atoms with Crippen LogP contribution in [-0.4, -0.2) is 15.1 Å². The van der Waals surface area contributed by atoms with Crippen LogP contribution < -0.4 is 36.8 Å². The fraction of sp³-hybridized carbons (Fsp3) is 0.119. The smallest absolute Gasteiger partial charge is 0.338 e. The second-order valence-electron chi connectivity index (χ2n) is 13.5. The molecule has 0 aliphatic carbocycles. The van der Waals surface area contributed by atoms with Crippen molar-refractivity contribution in [1.82, 2.24) is 9.13 Å². The molecule has 5 aromatic carbocycles. The molecule has 1 aliphatic heterocycles. The van der Waals surface area contributed by atoms with Crippen LogP contribution in [0.3, 0.4) is 0 Å². The zero-order valence-corrected chi connectivity index (χ0v) is 30.0. The maximum Gasteiger partial charge on any atom is 0.338 e. The zero-order chi connectivity index (χ0) is 37.6. The van der Waals surface area contributed by atoms with Gasteiger partial charge in [0, 0.05) is 18.2 Å². The minimum atomic E-state index is -4.00. The van der Waals surface area contributed by atoms with Gasteiger partial charge in [-0.1, -0.05) is 78.9 Å². The van der Waals surface area contributed by atoms with E-state index in [1.165, 1.54) is 38.2 Å². The van der Waals surface area contributed by atoms with Gasteiger partial charge in [-0.25, -0.2) is 9.36 Å². The lowest BCUT2D eigenvalue weighted by Crippen LogP contribution is -2.34. The average Bonchev–Trinajstić information content (AvgIpc) is 3.52. The van der Waals surface area contributed by atoms with Gasteiger partial charge in [0.1, 0.15) is 10.9 Å². The van der Waals surface area contributed by atoms with Crippen molar-refractivity contribution in [3.8, 4) is 28.3 Å². The summed E-state index contributed by atoms with van der Waals surface area (Å²) in [4.78, 5) is 66.7. The summed E-state index contributed by atoms with van der Waals surface area (Å²) in [6, 6.07) is 29.4. The number of fused-ring (bicyclic) bond motifs is 5. The molecule has 0 saturated heterocycles. The number of aromatic nitrogens is 2. The van der Waals surface area contributed by atoms with Crippen molar-refractivity contribution in [3.63, 3.8) is 0 Å². The van der Waals surface area contributed by atoms with Crippen molar-refractivity contribution in [1.29, 1.82) is 0 Å². The molecule has 0 amide bonds. The molecular weight excluding hydrogens is 691 g/mol. The number of hydrogen-bond acceptors (Lipinski definition) is 8. The summed E-state index contributed by atoms with van der Waals surface area (Å²) in [6.45, 7) is 8.90. The number of benzene rings is 5. The van der Waals surface area contributed by atoms with E-state index < -0.39 is 40.7 Å². The lowest BCUT2D eigenvalue weighted by Gasteiger charge is -2.41. The number of esters is 1. The van der Waals surface area contributed by atoms with E-state index in [2.05, 4.69) is 6.58 Å². The van der Waals surface area contributed by atoms with Crippen molar-refractivity contribution in [3.05, 3.63) is 173 Å². The fourth-order valence-corrected chi connectivity index (χ4v) is 10.2. The molecule has 0 fully saturated rings. The lowest BCUT2D eigenvalue weighted by atomic mass is 9.91. The summed E-state index contributed by atoms with van der Waals surface area (Å²) in [7, 11) is -2.68. The Kier molecular flexibility index (Phi) is 7.53. The van der Waals surface area contributed by atoms with Gasteiger partial charge in [-0.15, -0.1) is 0 Å². The second-order valence-corrected chi connectivity index (χ2v) is 16.2. The van der Waals surface area contributed by atoms with Gasteiger partial charge < -0.3 is 9.26 Å². The quantitative estimate of drug-likeness (QED) is 0.0865. The molecule has 10 nitrogen and oxygen atoms in total. The number of aryl methyl sites for hydroxylation is 1.